The van der Waals surface area contributed by atoms with Crippen LogP contribution in [0.4, 0.5) is 5.69 Å². The Bertz CT molecular complexity index is 422. The molecule has 1 unspecified atom stereocenters. The number of carbonyl (C=O) groups is 1. The Morgan fingerprint density at radius 3 is 2.69 bits per heavy atom. The lowest BCUT2D eigenvalue weighted by atomic mass is 10.2. The number of nitrogens with zero attached hydrogens (tertiary/aromatic N) is 1. The van der Waals surface area contributed by atoms with Gasteiger partial charge in [-0.25, -0.2) is 0 Å². The lowest BCUT2D eigenvalue weighted by Gasteiger charge is -2.18. The maximum atomic E-state index is 11.9. The molecule has 5 heteroatoms. The van der Waals surface area contributed by atoms with Crippen molar-refractivity contribution in [3.8, 4) is 0 Å². The van der Waals surface area contributed by atoms with E-state index in [1.165, 1.54) is 0 Å². The standard InChI is InChI=1S/C11H10Br3NO/c12-5-7-3-11(16)15(6-7)10-2-1-8(13)4-9(10)14/h1-2,4,7H,3,5-6H2. The Kier molecular flexibility index (Phi) is 4.08. The Balaban J connectivity index is 2.28. The molecule has 0 bridgehead atoms. The molecule has 16 heavy (non-hydrogen) atoms. The molecule has 1 fully saturated rings. The highest BCUT2D eigenvalue weighted by Gasteiger charge is 2.30. The molecule has 1 amide bonds. The number of rotatable bonds is 2. The van der Waals surface area contributed by atoms with E-state index in [0.29, 0.717) is 12.3 Å². The predicted molar refractivity (Wildman–Crippen MR) is 76.1 cm³/mol. The van der Waals surface area contributed by atoms with Gasteiger partial charge in [-0.05, 0) is 40.0 Å². The molecule has 0 aromatic heterocycles. The highest BCUT2D eigenvalue weighted by molar-refractivity contribution is 9.11. The van der Waals surface area contributed by atoms with E-state index in [9.17, 15) is 4.79 Å². The fraction of sp³-hybridized carbons (Fsp3) is 0.364. The van der Waals surface area contributed by atoms with Gasteiger partial charge in [0.05, 0.1) is 5.69 Å². The minimum absolute atomic E-state index is 0.201. The Hall–Kier alpha value is 0.130. The minimum atomic E-state index is 0.201. The van der Waals surface area contributed by atoms with Crippen LogP contribution in [0.15, 0.2) is 27.1 Å². The highest BCUT2D eigenvalue weighted by atomic mass is 79.9. The van der Waals surface area contributed by atoms with E-state index in [0.717, 1.165) is 26.5 Å². The molecule has 0 radical (unpaired) electrons. The SMILES string of the molecule is O=C1CC(CBr)CN1c1ccc(Br)cc1Br. The van der Waals surface area contributed by atoms with E-state index in [1.54, 1.807) is 0 Å². The highest BCUT2D eigenvalue weighted by Crippen LogP contribution is 2.33. The van der Waals surface area contributed by atoms with Gasteiger partial charge >= 0.3 is 0 Å². The molecule has 0 aliphatic carbocycles. The number of halogens is 3. The van der Waals surface area contributed by atoms with Crippen LogP contribution in [0.25, 0.3) is 0 Å². The summed E-state index contributed by atoms with van der Waals surface area (Å²) in [6.45, 7) is 0.796. The van der Waals surface area contributed by atoms with Gasteiger partial charge in [0.25, 0.3) is 0 Å². The number of hydrogen-bond donors (Lipinski definition) is 0. The van der Waals surface area contributed by atoms with Crippen molar-refractivity contribution in [2.75, 3.05) is 16.8 Å². The molecule has 1 heterocycles. The predicted octanol–water partition coefficient (Wildman–Crippen LogP) is 3.96. The van der Waals surface area contributed by atoms with Crippen molar-refractivity contribution in [2.45, 2.75) is 6.42 Å². The molecular formula is C11H10Br3NO. The molecule has 2 nitrogen and oxygen atoms in total. The monoisotopic (exact) mass is 409 g/mol. The van der Waals surface area contributed by atoms with E-state index in [1.807, 2.05) is 23.1 Å². The van der Waals surface area contributed by atoms with Crippen LogP contribution in [-0.2, 0) is 4.79 Å². The summed E-state index contributed by atoms with van der Waals surface area (Å²) in [6, 6.07) is 5.88. The van der Waals surface area contributed by atoms with Crippen LogP contribution in [0.1, 0.15) is 6.42 Å². The third-order valence-corrected chi connectivity index (χ3v) is 4.67. The maximum Gasteiger partial charge on any atom is 0.227 e. The summed E-state index contributed by atoms with van der Waals surface area (Å²) in [4.78, 5) is 13.7. The normalized spacial score (nSPS) is 20.6. The van der Waals surface area contributed by atoms with Gasteiger partial charge in [-0.1, -0.05) is 31.9 Å². The van der Waals surface area contributed by atoms with Gasteiger partial charge < -0.3 is 4.90 Å². The van der Waals surface area contributed by atoms with Gasteiger partial charge in [-0.3, -0.25) is 4.79 Å². The van der Waals surface area contributed by atoms with Crippen molar-refractivity contribution in [3.63, 3.8) is 0 Å². The van der Waals surface area contributed by atoms with Crippen LogP contribution in [0.2, 0.25) is 0 Å². The van der Waals surface area contributed by atoms with E-state index >= 15 is 0 Å². The van der Waals surface area contributed by atoms with Gasteiger partial charge in [0, 0.05) is 27.2 Å². The molecule has 1 aliphatic rings. The number of benzene rings is 1. The van der Waals surface area contributed by atoms with E-state index in [4.69, 9.17) is 0 Å². The van der Waals surface area contributed by atoms with Gasteiger partial charge in [-0.15, -0.1) is 0 Å². The topological polar surface area (TPSA) is 20.3 Å². The summed E-state index contributed by atoms with van der Waals surface area (Å²) >= 11 is 10.3. The Morgan fingerprint density at radius 1 is 1.38 bits per heavy atom. The first-order chi connectivity index (χ1) is 7.61. The summed E-state index contributed by atoms with van der Waals surface area (Å²) in [6.07, 6.45) is 0.633. The first-order valence-corrected chi connectivity index (χ1v) is 7.64. The smallest absolute Gasteiger partial charge is 0.227 e. The maximum absolute atomic E-state index is 11.9. The molecule has 1 aliphatic heterocycles. The molecule has 0 saturated carbocycles. The number of anilines is 1. The minimum Gasteiger partial charge on any atom is -0.311 e. The zero-order valence-electron chi connectivity index (χ0n) is 8.42. The summed E-state index contributed by atoms with van der Waals surface area (Å²) in [5, 5.41) is 0.878. The van der Waals surface area contributed by atoms with E-state index in [2.05, 4.69) is 47.8 Å². The van der Waals surface area contributed by atoms with Crippen molar-refractivity contribution in [2.24, 2.45) is 5.92 Å². The van der Waals surface area contributed by atoms with Crippen LogP contribution in [0, 0.1) is 5.92 Å². The summed E-state index contributed by atoms with van der Waals surface area (Å²) < 4.78 is 1.96. The molecule has 1 aromatic carbocycles. The van der Waals surface area contributed by atoms with Crippen LogP contribution in [0.5, 0.6) is 0 Å². The average Bonchev–Trinajstić information content (AvgIpc) is 2.60. The number of hydrogen-bond acceptors (Lipinski definition) is 1. The second-order valence-electron chi connectivity index (χ2n) is 3.82. The van der Waals surface area contributed by atoms with Crippen molar-refractivity contribution in [1.29, 1.82) is 0 Å². The average molecular weight is 412 g/mol. The van der Waals surface area contributed by atoms with Crippen molar-refractivity contribution in [3.05, 3.63) is 27.1 Å². The molecule has 1 atom stereocenters. The molecule has 1 aromatic rings. The van der Waals surface area contributed by atoms with Crippen molar-refractivity contribution < 1.29 is 4.79 Å². The van der Waals surface area contributed by atoms with Crippen LogP contribution in [-0.4, -0.2) is 17.8 Å². The molecule has 0 N–H and O–H groups in total. The third kappa shape index (κ3) is 2.51. The van der Waals surface area contributed by atoms with Gasteiger partial charge in [0.1, 0.15) is 0 Å². The second kappa shape index (κ2) is 5.19. The third-order valence-electron chi connectivity index (χ3n) is 2.62. The summed E-state index contributed by atoms with van der Waals surface area (Å²) in [5.41, 5.74) is 0.955. The van der Waals surface area contributed by atoms with Gasteiger partial charge in [0.15, 0.2) is 0 Å². The summed E-state index contributed by atoms with van der Waals surface area (Å²) in [5.74, 6) is 0.621. The van der Waals surface area contributed by atoms with Crippen molar-refractivity contribution in [1.82, 2.24) is 0 Å². The van der Waals surface area contributed by atoms with E-state index < -0.39 is 0 Å². The lowest BCUT2D eigenvalue weighted by molar-refractivity contribution is -0.117. The molecular weight excluding hydrogens is 402 g/mol. The van der Waals surface area contributed by atoms with Crippen LogP contribution >= 0.6 is 47.8 Å². The summed E-state index contributed by atoms with van der Waals surface area (Å²) in [7, 11) is 0. The Morgan fingerprint density at radius 2 is 2.12 bits per heavy atom. The largest absolute Gasteiger partial charge is 0.311 e. The number of amides is 1. The number of alkyl halides is 1. The zero-order valence-corrected chi connectivity index (χ0v) is 13.2. The zero-order chi connectivity index (χ0) is 11.7. The Labute approximate surface area is 120 Å². The van der Waals surface area contributed by atoms with Crippen molar-refractivity contribution >= 4 is 59.4 Å². The first-order valence-electron chi connectivity index (χ1n) is 4.93. The van der Waals surface area contributed by atoms with Crippen LogP contribution in [0.3, 0.4) is 0 Å². The lowest BCUT2D eigenvalue weighted by Crippen LogP contribution is -2.24. The number of carbonyl (C=O) groups excluding carboxylic acids is 1. The molecule has 86 valence electrons. The first kappa shape index (κ1) is 12.6. The molecule has 1 saturated heterocycles. The molecule has 0 spiro atoms. The van der Waals surface area contributed by atoms with E-state index in [-0.39, 0.29) is 5.91 Å². The molecule has 2 rings (SSSR count). The van der Waals surface area contributed by atoms with Crippen LogP contribution < -0.4 is 4.90 Å². The second-order valence-corrected chi connectivity index (χ2v) is 6.24. The van der Waals surface area contributed by atoms with Gasteiger partial charge in [0.2, 0.25) is 5.91 Å². The fourth-order valence-electron chi connectivity index (χ4n) is 1.82. The van der Waals surface area contributed by atoms with Gasteiger partial charge in [-0.2, -0.15) is 0 Å². The quantitative estimate of drug-likeness (QED) is 0.674. The fourth-order valence-corrected chi connectivity index (χ4v) is 3.51.